The molecule has 4 fully saturated rings. The van der Waals surface area contributed by atoms with E-state index in [9.17, 15) is 9.59 Å². The van der Waals surface area contributed by atoms with Gasteiger partial charge in [-0.25, -0.2) is 4.98 Å². The lowest BCUT2D eigenvalue weighted by Gasteiger charge is -2.38. The minimum absolute atomic E-state index is 0.0402. The monoisotopic (exact) mass is 507 g/mol. The Balaban J connectivity index is 1.09. The van der Waals surface area contributed by atoms with E-state index in [1.807, 2.05) is 33.7 Å². The minimum Gasteiger partial charge on any atom is -0.383 e. The van der Waals surface area contributed by atoms with E-state index >= 15 is 0 Å². The van der Waals surface area contributed by atoms with Crippen molar-refractivity contribution in [3.05, 3.63) is 35.8 Å². The van der Waals surface area contributed by atoms with E-state index in [4.69, 9.17) is 4.74 Å². The topological polar surface area (TPSA) is 79.2 Å². The summed E-state index contributed by atoms with van der Waals surface area (Å²) >= 11 is 0. The Kier molecular flexibility index (Phi) is 6.97. The number of carbonyl (C=O) groups is 2. The number of rotatable bonds is 8. The van der Waals surface area contributed by atoms with Crippen LogP contribution < -0.4 is 5.32 Å². The summed E-state index contributed by atoms with van der Waals surface area (Å²) in [5.74, 6) is 2.66. The van der Waals surface area contributed by atoms with Crippen LogP contribution in [0.2, 0.25) is 0 Å². The molecule has 4 atom stereocenters. The zero-order chi connectivity index (χ0) is 25.4. The standard InChI is InChI=1S/C29H41N5O3/c1-37-13-12-32-8-10-33(11-9-32)27(35)15-24-19-34-25(6-3-7-26(34)31-24)28(36)30-20-29-16-21-4-2-5-22(17-29)23(14-21)18-29/h3,6-7,19,21-23H,2,4-5,8-18,20H2,1H3,(H,30,36). The molecule has 1 N–H and O–H groups in total. The summed E-state index contributed by atoms with van der Waals surface area (Å²) < 4.78 is 7.02. The molecule has 8 nitrogen and oxygen atoms in total. The number of hydrogen-bond acceptors (Lipinski definition) is 5. The molecule has 3 saturated carbocycles. The van der Waals surface area contributed by atoms with Crippen molar-refractivity contribution in [2.45, 2.75) is 51.4 Å². The fourth-order valence-corrected chi connectivity index (χ4v) is 7.94. The maximum Gasteiger partial charge on any atom is 0.268 e. The smallest absolute Gasteiger partial charge is 0.268 e. The first kappa shape index (κ1) is 24.9. The molecule has 1 aliphatic heterocycles. The number of carbonyl (C=O) groups excluding carboxylic acids is 2. The minimum atomic E-state index is -0.0402. The molecule has 0 aromatic carbocycles. The Morgan fingerprint density at radius 2 is 1.95 bits per heavy atom. The average molecular weight is 508 g/mol. The van der Waals surface area contributed by atoms with Crippen molar-refractivity contribution < 1.29 is 14.3 Å². The highest BCUT2D eigenvalue weighted by Gasteiger charge is 2.51. The van der Waals surface area contributed by atoms with Crippen molar-refractivity contribution in [1.29, 1.82) is 0 Å². The average Bonchev–Trinajstić information content (AvgIpc) is 3.38. The molecule has 0 spiro atoms. The number of piperazine rings is 1. The van der Waals surface area contributed by atoms with Crippen molar-refractivity contribution in [2.24, 2.45) is 23.2 Å². The molecule has 2 aromatic heterocycles. The molecule has 3 aliphatic carbocycles. The zero-order valence-corrected chi connectivity index (χ0v) is 22.2. The van der Waals surface area contributed by atoms with Crippen LogP contribution in [0.5, 0.6) is 0 Å². The van der Waals surface area contributed by atoms with Gasteiger partial charge in [-0.2, -0.15) is 0 Å². The van der Waals surface area contributed by atoms with E-state index in [1.54, 1.807) is 7.11 Å². The largest absolute Gasteiger partial charge is 0.383 e. The van der Waals surface area contributed by atoms with Crippen molar-refractivity contribution >= 4 is 17.5 Å². The van der Waals surface area contributed by atoms with Crippen LogP contribution in [0.25, 0.3) is 5.65 Å². The van der Waals surface area contributed by atoms with Crippen LogP contribution in [-0.2, 0) is 16.0 Å². The van der Waals surface area contributed by atoms with Gasteiger partial charge in [0.15, 0.2) is 0 Å². The van der Waals surface area contributed by atoms with Gasteiger partial charge in [-0.15, -0.1) is 0 Å². The second kappa shape index (κ2) is 10.4. The number of ether oxygens (including phenoxy) is 1. The van der Waals surface area contributed by atoms with Crippen LogP contribution in [0.3, 0.4) is 0 Å². The van der Waals surface area contributed by atoms with E-state index in [-0.39, 0.29) is 18.2 Å². The molecule has 4 aliphatic rings. The van der Waals surface area contributed by atoms with Crippen molar-refractivity contribution in [3.63, 3.8) is 0 Å². The number of imidazole rings is 1. The zero-order valence-electron chi connectivity index (χ0n) is 22.2. The quantitative estimate of drug-likeness (QED) is 0.594. The summed E-state index contributed by atoms with van der Waals surface area (Å²) in [6, 6.07) is 5.65. The fourth-order valence-electron chi connectivity index (χ4n) is 7.94. The highest BCUT2D eigenvalue weighted by Crippen LogP contribution is 2.59. The van der Waals surface area contributed by atoms with E-state index < -0.39 is 0 Å². The molecule has 6 rings (SSSR count). The highest BCUT2D eigenvalue weighted by molar-refractivity contribution is 5.93. The van der Waals surface area contributed by atoms with E-state index in [1.165, 1.54) is 44.9 Å². The third kappa shape index (κ3) is 5.15. The predicted molar refractivity (Wildman–Crippen MR) is 141 cm³/mol. The number of hydrogen-bond donors (Lipinski definition) is 1. The molecular formula is C29H41N5O3. The van der Waals surface area contributed by atoms with Gasteiger partial charge in [-0.05, 0) is 61.0 Å². The van der Waals surface area contributed by atoms with Crippen LogP contribution in [0, 0.1) is 23.2 Å². The first-order valence-electron chi connectivity index (χ1n) is 14.3. The fraction of sp³-hybridized carbons (Fsp3) is 0.690. The van der Waals surface area contributed by atoms with Gasteiger partial charge in [0.25, 0.3) is 5.91 Å². The molecule has 200 valence electrons. The summed E-state index contributed by atoms with van der Waals surface area (Å²) in [6.45, 7) is 5.60. The molecule has 37 heavy (non-hydrogen) atoms. The van der Waals surface area contributed by atoms with E-state index in [0.29, 0.717) is 29.1 Å². The number of nitrogens with one attached hydrogen (secondary N) is 1. The summed E-state index contributed by atoms with van der Waals surface area (Å²) in [5, 5.41) is 3.31. The molecule has 1 saturated heterocycles. The first-order valence-corrected chi connectivity index (χ1v) is 14.3. The van der Waals surface area contributed by atoms with Crippen LogP contribution in [-0.4, -0.2) is 84.0 Å². The third-order valence-corrected chi connectivity index (χ3v) is 9.67. The number of fused-ring (bicyclic) bond motifs is 3. The Hall–Kier alpha value is -2.45. The Morgan fingerprint density at radius 1 is 1.11 bits per heavy atom. The van der Waals surface area contributed by atoms with Gasteiger partial charge >= 0.3 is 0 Å². The molecule has 8 heteroatoms. The van der Waals surface area contributed by atoms with Gasteiger partial charge in [0.05, 0.1) is 18.7 Å². The summed E-state index contributed by atoms with van der Waals surface area (Å²) in [5.41, 5.74) is 2.32. The van der Waals surface area contributed by atoms with E-state index in [0.717, 1.165) is 57.0 Å². The second-order valence-corrected chi connectivity index (χ2v) is 12.1. The Bertz CT molecular complexity index is 1140. The van der Waals surface area contributed by atoms with Gasteiger partial charge in [-0.1, -0.05) is 25.3 Å². The number of aromatic nitrogens is 2. The normalized spacial score (nSPS) is 29.5. The van der Waals surface area contributed by atoms with Gasteiger partial charge in [-0.3, -0.25) is 18.9 Å². The summed E-state index contributed by atoms with van der Waals surface area (Å²) in [4.78, 5) is 35.3. The number of methoxy groups -OCH3 is 1. The highest BCUT2D eigenvalue weighted by atomic mass is 16.5. The summed E-state index contributed by atoms with van der Waals surface area (Å²) in [6.07, 6.45) is 11.6. The van der Waals surface area contributed by atoms with Gasteiger partial charge < -0.3 is 15.0 Å². The maximum atomic E-state index is 13.4. The van der Waals surface area contributed by atoms with E-state index in [2.05, 4.69) is 15.2 Å². The predicted octanol–water partition coefficient (Wildman–Crippen LogP) is 3.00. The van der Waals surface area contributed by atoms with Crippen LogP contribution in [0.15, 0.2) is 24.4 Å². The molecule has 3 heterocycles. The molecule has 2 amide bonds. The maximum absolute atomic E-state index is 13.4. The van der Waals surface area contributed by atoms with Crippen LogP contribution in [0.1, 0.15) is 61.1 Å². The lowest BCUT2D eigenvalue weighted by atomic mass is 9.69. The lowest BCUT2D eigenvalue weighted by Crippen LogP contribution is -2.49. The van der Waals surface area contributed by atoms with Crippen LogP contribution >= 0.6 is 0 Å². The molecule has 0 radical (unpaired) electrons. The number of amides is 2. The second-order valence-electron chi connectivity index (χ2n) is 12.1. The molecule has 4 unspecified atom stereocenters. The van der Waals surface area contributed by atoms with Gasteiger partial charge in [0, 0.05) is 52.6 Å². The first-order chi connectivity index (χ1) is 18.0. The van der Waals surface area contributed by atoms with Crippen molar-refractivity contribution in [1.82, 2.24) is 24.5 Å². The van der Waals surface area contributed by atoms with Gasteiger partial charge in [0.2, 0.25) is 5.91 Å². The summed E-state index contributed by atoms with van der Waals surface area (Å²) in [7, 11) is 1.72. The molecule has 3 bridgehead atoms. The third-order valence-electron chi connectivity index (χ3n) is 9.67. The lowest BCUT2D eigenvalue weighted by molar-refractivity contribution is -0.132. The Labute approximate surface area is 219 Å². The molecule has 2 aromatic rings. The van der Waals surface area contributed by atoms with Crippen molar-refractivity contribution in [2.75, 3.05) is 53.0 Å². The van der Waals surface area contributed by atoms with Crippen molar-refractivity contribution in [3.8, 4) is 0 Å². The number of pyridine rings is 1. The van der Waals surface area contributed by atoms with Crippen LogP contribution in [0.4, 0.5) is 0 Å². The number of nitrogens with zero attached hydrogens (tertiary/aromatic N) is 4. The SMILES string of the molecule is COCCN1CCN(C(=O)Cc2cn3c(C(=O)NCC45CC6CCCC(C4)C(C6)C5)cccc3n2)CC1. The Morgan fingerprint density at radius 3 is 2.78 bits per heavy atom. The molecular weight excluding hydrogens is 466 g/mol. The van der Waals surface area contributed by atoms with Gasteiger partial charge in [0.1, 0.15) is 11.3 Å².